The summed E-state index contributed by atoms with van der Waals surface area (Å²) in [6, 6.07) is 8.83. The van der Waals surface area contributed by atoms with Gasteiger partial charge in [-0.25, -0.2) is 4.98 Å². The summed E-state index contributed by atoms with van der Waals surface area (Å²) in [5.74, 6) is 1.63. The number of nitrogens with zero attached hydrogens (tertiary/aromatic N) is 1. The molecule has 27 heavy (non-hydrogen) atoms. The zero-order chi connectivity index (χ0) is 19.3. The molecule has 2 aromatic rings. The smallest absolute Gasteiger partial charge is 0.473 e. The predicted octanol–water partition coefficient (Wildman–Crippen LogP) is 3.79. The van der Waals surface area contributed by atoms with Crippen LogP contribution in [-0.2, 0) is 6.54 Å². The van der Waals surface area contributed by atoms with Crippen LogP contribution in [0.2, 0.25) is 0 Å². The Kier molecular flexibility index (Phi) is 6.10. The molecule has 1 saturated heterocycles. The van der Waals surface area contributed by atoms with Crippen LogP contribution < -0.4 is 14.8 Å². The van der Waals surface area contributed by atoms with Crippen LogP contribution in [0.5, 0.6) is 11.6 Å². The third-order valence-electron chi connectivity index (χ3n) is 3.81. The Bertz CT molecular complexity index is 778. The molecule has 0 radical (unpaired) electrons. The minimum Gasteiger partial charge on any atom is -0.473 e. The molecule has 1 N–H and O–H groups in total. The lowest BCUT2D eigenvalue weighted by atomic mass is 10.2. The number of amides is 1. The number of hydrogen-bond donors (Lipinski definition) is 1. The third-order valence-corrected chi connectivity index (χ3v) is 4.94. The number of rotatable bonds is 6. The Hall–Kier alpha value is -2.42. The van der Waals surface area contributed by atoms with Crippen molar-refractivity contribution in [1.82, 2.24) is 10.3 Å². The van der Waals surface area contributed by atoms with Gasteiger partial charge in [0.1, 0.15) is 11.9 Å². The number of nitrogens with one attached hydrogen (secondary N) is 1. The van der Waals surface area contributed by atoms with E-state index in [1.807, 2.05) is 11.8 Å². The first kappa shape index (κ1) is 19.3. The molecule has 1 aliphatic rings. The number of ether oxygens (including phenoxy) is 2. The van der Waals surface area contributed by atoms with E-state index in [0.29, 0.717) is 5.88 Å². The minimum absolute atomic E-state index is 0.108. The monoisotopic (exact) mass is 398 g/mol. The number of carbonyl (C=O) groups excluding carboxylic acids is 1. The van der Waals surface area contributed by atoms with E-state index in [4.69, 9.17) is 4.74 Å². The van der Waals surface area contributed by atoms with Crippen LogP contribution in [0, 0.1) is 0 Å². The van der Waals surface area contributed by atoms with Crippen LogP contribution in [0.1, 0.15) is 22.3 Å². The molecular formula is C18H17F3N2O3S. The fourth-order valence-electron chi connectivity index (χ4n) is 2.51. The van der Waals surface area contributed by atoms with Gasteiger partial charge in [-0.1, -0.05) is 18.2 Å². The second-order valence-corrected chi connectivity index (χ2v) is 6.98. The lowest BCUT2D eigenvalue weighted by Gasteiger charge is -2.14. The number of aromatic nitrogens is 1. The molecule has 5 nitrogen and oxygen atoms in total. The fourth-order valence-corrected chi connectivity index (χ4v) is 3.61. The number of halogens is 3. The molecular weight excluding hydrogens is 381 g/mol. The molecule has 1 aromatic carbocycles. The zero-order valence-corrected chi connectivity index (χ0v) is 15.0. The van der Waals surface area contributed by atoms with Crippen LogP contribution in [0.25, 0.3) is 0 Å². The summed E-state index contributed by atoms with van der Waals surface area (Å²) in [5.41, 5.74) is 0.507. The number of thioether (sulfide) groups is 1. The van der Waals surface area contributed by atoms with Gasteiger partial charge in [0, 0.05) is 30.1 Å². The van der Waals surface area contributed by atoms with Crippen LogP contribution >= 0.6 is 11.8 Å². The van der Waals surface area contributed by atoms with E-state index in [1.165, 1.54) is 24.4 Å². The SMILES string of the molecule is O=C(NCc1ccccc1OC(F)(F)F)c1ccc(O[C@@H]2CCSC2)nc1. The van der Waals surface area contributed by atoms with Crippen molar-refractivity contribution in [2.24, 2.45) is 0 Å². The maximum absolute atomic E-state index is 12.4. The lowest BCUT2D eigenvalue weighted by molar-refractivity contribution is -0.274. The van der Waals surface area contributed by atoms with Crippen molar-refractivity contribution in [1.29, 1.82) is 0 Å². The van der Waals surface area contributed by atoms with Crippen molar-refractivity contribution in [3.8, 4) is 11.6 Å². The second kappa shape index (κ2) is 8.51. The quantitative estimate of drug-likeness (QED) is 0.802. The first-order valence-corrected chi connectivity index (χ1v) is 9.38. The van der Waals surface area contributed by atoms with E-state index >= 15 is 0 Å². The van der Waals surface area contributed by atoms with E-state index in [0.717, 1.165) is 17.9 Å². The minimum atomic E-state index is -4.79. The highest BCUT2D eigenvalue weighted by Crippen LogP contribution is 2.26. The molecule has 3 rings (SSSR count). The molecule has 0 spiro atoms. The summed E-state index contributed by atoms with van der Waals surface area (Å²) < 4.78 is 47.0. The molecule has 0 saturated carbocycles. The van der Waals surface area contributed by atoms with Crippen molar-refractivity contribution in [2.45, 2.75) is 25.4 Å². The molecule has 1 aromatic heterocycles. The van der Waals surface area contributed by atoms with Crippen molar-refractivity contribution < 1.29 is 27.4 Å². The second-order valence-electron chi connectivity index (χ2n) is 5.83. The maximum Gasteiger partial charge on any atom is 0.573 e. The summed E-state index contributed by atoms with van der Waals surface area (Å²) in [6.45, 7) is -0.108. The van der Waals surface area contributed by atoms with Gasteiger partial charge >= 0.3 is 6.36 Å². The van der Waals surface area contributed by atoms with Gasteiger partial charge in [-0.2, -0.15) is 11.8 Å². The largest absolute Gasteiger partial charge is 0.573 e. The van der Waals surface area contributed by atoms with Crippen LogP contribution in [0.4, 0.5) is 13.2 Å². The Morgan fingerprint density at radius 2 is 2.07 bits per heavy atom. The molecule has 1 fully saturated rings. The molecule has 1 aliphatic heterocycles. The van der Waals surface area contributed by atoms with Gasteiger partial charge in [0.05, 0.1) is 5.56 Å². The molecule has 0 aliphatic carbocycles. The average Bonchev–Trinajstić information content (AvgIpc) is 3.13. The van der Waals surface area contributed by atoms with Gasteiger partial charge in [-0.05, 0) is 24.3 Å². The number of hydrogen-bond acceptors (Lipinski definition) is 5. The summed E-state index contributed by atoms with van der Waals surface area (Å²) in [4.78, 5) is 16.3. The molecule has 1 amide bonds. The summed E-state index contributed by atoms with van der Waals surface area (Å²) in [6.07, 6.45) is -2.32. The van der Waals surface area contributed by atoms with Gasteiger partial charge in [0.25, 0.3) is 5.91 Å². The van der Waals surface area contributed by atoms with E-state index in [9.17, 15) is 18.0 Å². The summed E-state index contributed by atoms with van der Waals surface area (Å²) >= 11 is 1.82. The van der Waals surface area contributed by atoms with E-state index in [-0.39, 0.29) is 29.5 Å². The van der Waals surface area contributed by atoms with Crippen molar-refractivity contribution in [2.75, 3.05) is 11.5 Å². The van der Waals surface area contributed by atoms with Crippen LogP contribution in [0.15, 0.2) is 42.6 Å². The molecule has 144 valence electrons. The Morgan fingerprint density at radius 1 is 1.26 bits per heavy atom. The zero-order valence-electron chi connectivity index (χ0n) is 14.2. The summed E-state index contributed by atoms with van der Waals surface area (Å²) in [7, 11) is 0. The first-order chi connectivity index (χ1) is 12.9. The Balaban J connectivity index is 1.58. The predicted molar refractivity (Wildman–Crippen MR) is 94.9 cm³/mol. The molecule has 0 unspecified atom stereocenters. The van der Waals surface area contributed by atoms with Crippen molar-refractivity contribution >= 4 is 17.7 Å². The number of alkyl halides is 3. The summed E-state index contributed by atoms with van der Waals surface area (Å²) in [5, 5.41) is 2.56. The Labute approximate surface area is 158 Å². The fraction of sp³-hybridized carbons (Fsp3) is 0.333. The normalized spacial score (nSPS) is 16.8. The van der Waals surface area contributed by atoms with Crippen molar-refractivity contribution in [3.05, 3.63) is 53.7 Å². The third kappa shape index (κ3) is 5.78. The highest BCUT2D eigenvalue weighted by atomic mass is 32.2. The van der Waals surface area contributed by atoms with Crippen LogP contribution in [-0.4, -0.2) is 34.9 Å². The van der Waals surface area contributed by atoms with Gasteiger partial charge in [-0.15, -0.1) is 13.2 Å². The van der Waals surface area contributed by atoms with E-state index in [2.05, 4.69) is 15.0 Å². The van der Waals surface area contributed by atoms with Gasteiger partial charge in [0.2, 0.25) is 5.88 Å². The molecule has 0 bridgehead atoms. The van der Waals surface area contributed by atoms with Gasteiger partial charge in [-0.3, -0.25) is 4.79 Å². The number of para-hydroxylation sites is 1. The average molecular weight is 398 g/mol. The molecule has 9 heteroatoms. The first-order valence-electron chi connectivity index (χ1n) is 8.23. The molecule has 2 heterocycles. The molecule has 1 atom stereocenters. The topological polar surface area (TPSA) is 60.5 Å². The van der Waals surface area contributed by atoms with Gasteiger partial charge in [0.15, 0.2) is 0 Å². The Morgan fingerprint density at radius 3 is 2.74 bits per heavy atom. The van der Waals surface area contributed by atoms with E-state index in [1.54, 1.807) is 18.2 Å². The van der Waals surface area contributed by atoms with Crippen LogP contribution in [0.3, 0.4) is 0 Å². The highest BCUT2D eigenvalue weighted by molar-refractivity contribution is 7.99. The number of carbonyl (C=O) groups is 1. The lowest BCUT2D eigenvalue weighted by Crippen LogP contribution is -2.24. The van der Waals surface area contributed by atoms with Crippen molar-refractivity contribution in [3.63, 3.8) is 0 Å². The van der Waals surface area contributed by atoms with E-state index < -0.39 is 12.3 Å². The van der Waals surface area contributed by atoms with Gasteiger partial charge < -0.3 is 14.8 Å². The number of benzene rings is 1. The standard InChI is InChI=1S/C18H17F3N2O3S/c19-18(20,21)26-15-4-2-1-3-12(15)9-23-17(24)13-5-6-16(22-10-13)25-14-7-8-27-11-14/h1-6,10,14H,7-9,11H2,(H,23,24)/t14-/m1/s1. The maximum atomic E-state index is 12.4. The highest BCUT2D eigenvalue weighted by Gasteiger charge is 2.32. The number of pyridine rings is 1.